The Morgan fingerprint density at radius 1 is 1.11 bits per heavy atom. The summed E-state index contributed by atoms with van der Waals surface area (Å²) in [6.07, 6.45) is 1.65. The van der Waals surface area contributed by atoms with E-state index in [1.54, 1.807) is 4.68 Å². The van der Waals surface area contributed by atoms with Crippen molar-refractivity contribution in [2.75, 3.05) is 13.1 Å². The fraction of sp³-hybridized carbons (Fsp3) is 0.450. The average Bonchev–Trinajstić information content (AvgIpc) is 3.03. The van der Waals surface area contributed by atoms with Gasteiger partial charge < -0.3 is 10.6 Å². The van der Waals surface area contributed by atoms with Gasteiger partial charge in [0.25, 0.3) is 5.91 Å². The van der Waals surface area contributed by atoms with Gasteiger partial charge in [-0.1, -0.05) is 24.3 Å². The van der Waals surface area contributed by atoms with E-state index in [1.165, 1.54) is 11.1 Å². The molecule has 0 aliphatic carbocycles. The Morgan fingerprint density at radius 2 is 1.85 bits per heavy atom. The van der Waals surface area contributed by atoms with Gasteiger partial charge in [0.1, 0.15) is 0 Å². The predicted molar refractivity (Wildman–Crippen MR) is 101 cm³/mol. The van der Waals surface area contributed by atoms with Crippen molar-refractivity contribution in [2.45, 2.75) is 38.9 Å². The molecule has 0 unspecified atom stereocenters. The standard InChI is InChI=1S/C20H25N5O2/c1-13(24-9-7-14-5-3-4-6-15(14)11-24)20(27)25-10-8-17-16(12-25)18(19(21)26)22-23(17)2/h3-6,13H,7-12H2,1-2H3,(H2,21,26)/t13-/m1/s1. The van der Waals surface area contributed by atoms with Crippen molar-refractivity contribution in [1.82, 2.24) is 19.6 Å². The van der Waals surface area contributed by atoms with Crippen LogP contribution in [0.1, 0.15) is 39.8 Å². The number of rotatable bonds is 3. The number of carbonyl (C=O) groups excluding carboxylic acids is 2. The summed E-state index contributed by atoms with van der Waals surface area (Å²) < 4.78 is 1.71. The molecule has 1 aromatic heterocycles. The zero-order chi connectivity index (χ0) is 19.1. The lowest BCUT2D eigenvalue weighted by molar-refractivity contribution is -0.137. The summed E-state index contributed by atoms with van der Waals surface area (Å²) in [5, 5.41) is 4.24. The number of nitrogens with two attached hydrogens (primary N) is 1. The van der Waals surface area contributed by atoms with Crippen molar-refractivity contribution in [3.63, 3.8) is 0 Å². The molecule has 0 saturated carbocycles. The summed E-state index contributed by atoms with van der Waals surface area (Å²) in [7, 11) is 1.82. The van der Waals surface area contributed by atoms with Crippen LogP contribution in [0.3, 0.4) is 0 Å². The SMILES string of the molecule is C[C@H](C(=O)N1CCc2c(c(C(N)=O)nn2C)C1)N1CCc2ccccc2C1. The molecule has 3 heterocycles. The fourth-order valence-corrected chi connectivity index (χ4v) is 4.25. The second-order valence-electron chi connectivity index (χ2n) is 7.44. The summed E-state index contributed by atoms with van der Waals surface area (Å²) in [4.78, 5) is 28.9. The van der Waals surface area contributed by atoms with E-state index in [0.717, 1.165) is 30.8 Å². The number of nitrogens with zero attached hydrogens (tertiary/aromatic N) is 4. The number of hydrogen-bond donors (Lipinski definition) is 1. The van der Waals surface area contributed by atoms with Gasteiger partial charge in [0.2, 0.25) is 5.91 Å². The van der Waals surface area contributed by atoms with Crippen LogP contribution in [0.2, 0.25) is 0 Å². The lowest BCUT2D eigenvalue weighted by atomic mass is 9.98. The van der Waals surface area contributed by atoms with Crippen LogP contribution in [0.15, 0.2) is 24.3 Å². The number of aromatic nitrogens is 2. The second-order valence-corrected chi connectivity index (χ2v) is 7.44. The van der Waals surface area contributed by atoms with E-state index in [-0.39, 0.29) is 17.6 Å². The largest absolute Gasteiger partial charge is 0.364 e. The molecule has 27 heavy (non-hydrogen) atoms. The molecule has 7 nitrogen and oxygen atoms in total. The molecule has 4 rings (SSSR count). The number of amides is 2. The Kier molecular flexibility index (Phi) is 4.47. The molecule has 1 atom stereocenters. The van der Waals surface area contributed by atoms with E-state index in [0.29, 0.717) is 19.5 Å². The summed E-state index contributed by atoms with van der Waals surface area (Å²) in [6.45, 7) is 4.68. The highest BCUT2D eigenvalue weighted by molar-refractivity contribution is 5.93. The van der Waals surface area contributed by atoms with Crippen LogP contribution < -0.4 is 5.73 Å². The van der Waals surface area contributed by atoms with Crippen molar-refractivity contribution in [3.05, 3.63) is 52.3 Å². The average molecular weight is 367 g/mol. The molecule has 0 radical (unpaired) electrons. The molecule has 0 spiro atoms. The van der Waals surface area contributed by atoms with E-state index >= 15 is 0 Å². The monoisotopic (exact) mass is 367 g/mol. The molecule has 2 N–H and O–H groups in total. The Balaban J connectivity index is 1.50. The minimum absolute atomic E-state index is 0.0966. The van der Waals surface area contributed by atoms with Crippen LogP contribution in [-0.2, 0) is 37.8 Å². The van der Waals surface area contributed by atoms with Crippen LogP contribution in [0.4, 0.5) is 0 Å². The minimum atomic E-state index is -0.540. The van der Waals surface area contributed by atoms with Crippen LogP contribution in [0, 0.1) is 0 Å². The fourth-order valence-electron chi connectivity index (χ4n) is 4.25. The highest BCUT2D eigenvalue weighted by atomic mass is 16.2. The van der Waals surface area contributed by atoms with Gasteiger partial charge in [-0.2, -0.15) is 5.10 Å². The summed E-state index contributed by atoms with van der Waals surface area (Å²) in [6, 6.07) is 8.22. The van der Waals surface area contributed by atoms with Gasteiger partial charge in [0.05, 0.1) is 6.04 Å². The third-order valence-electron chi connectivity index (χ3n) is 5.85. The van der Waals surface area contributed by atoms with Crippen LogP contribution in [0.25, 0.3) is 0 Å². The highest BCUT2D eigenvalue weighted by Crippen LogP contribution is 2.25. The van der Waals surface area contributed by atoms with Crippen molar-refractivity contribution in [3.8, 4) is 0 Å². The zero-order valence-corrected chi connectivity index (χ0v) is 15.8. The molecule has 2 aliphatic heterocycles. The zero-order valence-electron chi connectivity index (χ0n) is 15.8. The summed E-state index contributed by atoms with van der Waals surface area (Å²) >= 11 is 0. The van der Waals surface area contributed by atoms with E-state index in [4.69, 9.17) is 5.73 Å². The van der Waals surface area contributed by atoms with Crippen molar-refractivity contribution >= 4 is 11.8 Å². The van der Waals surface area contributed by atoms with Gasteiger partial charge in [0, 0.05) is 50.9 Å². The molecule has 7 heteroatoms. The Hall–Kier alpha value is -2.67. The van der Waals surface area contributed by atoms with E-state index in [2.05, 4.69) is 34.3 Å². The van der Waals surface area contributed by atoms with Gasteiger partial charge in [-0.05, 0) is 24.5 Å². The first-order chi connectivity index (χ1) is 13.0. The van der Waals surface area contributed by atoms with Gasteiger partial charge in [-0.3, -0.25) is 19.2 Å². The number of aryl methyl sites for hydroxylation is 1. The van der Waals surface area contributed by atoms with Crippen molar-refractivity contribution in [1.29, 1.82) is 0 Å². The maximum absolute atomic E-state index is 13.1. The van der Waals surface area contributed by atoms with E-state index in [9.17, 15) is 9.59 Å². The van der Waals surface area contributed by atoms with Gasteiger partial charge in [-0.25, -0.2) is 0 Å². The molecule has 2 aliphatic rings. The van der Waals surface area contributed by atoms with Crippen LogP contribution >= 0.6 is 0 Å². The molecule has 142 valence electrons. The third-order valence-corrected chi connectivity index (χ3v) is 5.85. The molecule has 2 amide bonds. The number of hydrogen-bond acceptors (Lipinski definition) is 4. The summed E-state index contributed by atoms with van der Waals surface area (Å²) in [5.74, 6) is -0.443. The normalized spacial score (nSPS) is 17.9. The number of primary amides is 1. The summed E-state index contributed by atoms with van der Waals surface area (Å²) in [5.41, 5.74) is 10.2. The Labute approximate surface area is 158 Å². The van der Waals surface area contributed by atoms with Crippen molar-refractivity contribution < 1.29 is 9.59 Å². The van der Waals surface area contributed by atoms with E-state index in [1.807, 2.05) is 18.9 Å². The minimum Gasteiger partial charge on any atom is -0.364 e. The molecule has 0 saturated heterocycles. The van der Waals surface area contributed by atoms with Crippen LogP contribution in [-0.4, -0.2) is 50.5 Å². The number of carbonyl (C=O) groups is 2. The van der Waals surface area contributed by atoms with E-state index < -0.39 is 5.91 Å². The highest BCUT2D eigenvalue weighted by Gasteiger charge is 2.33. The van der Waals surface area contributed by atoms with Gasteiger partial charge >= 0.3 is 0 Å². The first-order valence-electron chi connectivity index (χ1n) is 9.40. The third kappa shape index (κ3) is 3.12. The maximum Gasteiger partial charge on any atom is 0.269 e. The lowest BCUT2D eigenvalue weighted by Crippen LogP contribution is -2.50. The van der Waals surface area contributed by atoms with Crippen molar-refractivity contribution in [2.24, 2.45) is 12.8 Å². The molecule has 0 fully saturated rings. The first-order valence-corrected chi connectivity index (χ1v) is 9.40. The van der Waals surface area contributed by atoms with Gasteiger partial charge in [0.15, 0.2) is 5.69 Å². The Bertz CT molecular complexity index is 904. The second kappa shape index (κ2) is 6.81. The topological polar surface area (TPSA) is 84.5 Å². The quantitative estimate of drug-likeness (QED) is 0.872. The molecule has 1 aromatic carbocycles. The van der Waals surface area contributed by atoms with Gasteiger partial charge in [-0.15, -0.1) is 0 Å². The smallest absolute Gasteiger partial charge is 0.269 e. The lowest BCUT2D eigenvalue weighted by Gasteiger charge is -2.37. The Morgan fingerprint density at radius 3 is 2.59 bits per heavy atom. The molecular formula is C20H25N5O2. The molecular weight excluding hydrogens is 342 g/mol. The van der Waals surface area contributed by atoms with Crippen LogP contribution in [0.5, 0.6) is 0 Å². The number of benzene rings is 1. The number of fused-ring (bicyclic) bond motifs is 2. The molecule has 0 bridgehead atoms. The predicted octanol–water partition coefficient (Wildman–Crippen LogP) is 0.851. The first kappa shape index (κ1) is 17.7. The molecule has 2 aromatic rings. The maximum atomic E-state index is 13.1.